The lowest BCUT2D eigenvalue weighted by atomic mass is 10.0. The largest absolute Gasteiger partial charge is 0.394 e. The molecule has 1 amide bonds. The van der Waals surface area contributed by atoms with Crippen LogP contribution in [0.2, 0.25) is 0 Å². The Balaban J connectivity index is 3.36. The number of carbonyl (C=O) groups excluding carboxylic acids is 1. The summed E-state index contributed by atoms with van der Waals surface area (Å²) in [7, 11) is 0. The summed E-state index contributed by atoms with van der Waals surface area (Å²) in [6.07, 6.45) is 63.1. The smallest absolute Gasteiger partial charge is 0.220 e. The van der Waals surface area contributed by atoms with Crippen LogP contribution in [0.4, 0.5) is 0 Å². The maximum absolute atomic E-state index is 12.3. The number of hydrogen-bond donors (Lipinski definition) is 3. The number of rotatable bonds is 45. The number of unbranched alkanes of at least 4 members (excludes halogenated alkanes) is 34. The average molecular weight is 772 g/mol. The van der Waals surface area contributed by atoms with Gasteiger partial charge in [-0.1, -0.05) is 243 Å². The standard InChI is InChI=1S/C51H97NO3/c1-3-5-7-9-11-13-14-15-16-17-18-19-20-21-22-23-24-25-26-27-28-29-30-31-32-33-34-35-36-37-38-39-41-43-45-47-51(55)52-49(48-53)50(54)46-44-42-40-12-10-8-6-4-2/h14-15,17-18,44,46,49-50,53-54H,3-13,16,19-43,45,47-48H2,1-2H3,(H,52,55)/b15-14-,18-17-,46-44+. The number of aliphatic hydroxyl groups excluding tert-OH is 2. The fourth-order valence-corrected chi connectivity index (χ4v) is 7.56. The summed E-state index contributed by atoms with van der Waals surface area (Å²) in [5.41, 5.74) is 0. The third kappa shape index (κ3) is 43.6. The summed E-state index contributed by atoms with van der Waals surface area (Å²) in [4.78, 5) is 12.3. The maximum atomic E-state index is 12.3. The van der Waals surface area contributed by atoms with E-state index in [9.17, 15) is 15.0 Å². The van der Waals surface area contributed by atoms with Crippen LogP contribution in [0.15, 0.2) is 36.5 Å². The van der Waals surface area contributed by atoms with Gasteiger partial charge in [-0.3, -0.25) is 4.79 Å². The fraction of sp³-hybridized carbons (Fsp3) is 0.863. The van der Waals surface area contributed by atoms with Crippen LogP contribution in [0.5, 0.6) is 0 Å². The van der Waals surface area contributed by atoms with Gasteiger partial charge in [0.15, 0.2) is 0 Å². The van der Waals surface area contributed by atoms with E-state index in [1.807, 2.05) is 6.08 Å². The summed E-state index contributed by atoms with van der Waals surface area (Å²) < 4.78 is 0. The fourth-order valence-electron chi connectivity index (χ4n) is 7.56. The molecule has 0 aromatic heterocycles. The van der Waals surface area contributed by atoms with Gasteiger partial charge >= 0.3 is 0 Å². The van der Waals surface area contributed by atoms with Gasteiger partial charge < -0.3 is 15.5 Å². The van der Waals surface area contributed by atoms with Gasteiger partial charge in [-0.15, -0.1) is 0 Å². The lowest BCUT2D eigenvalue weighted by Crippen LogP contribution is -2.45. The molecule has 0 aliphatic carbocycles. The van der Waals surface area contributed by atoms with Gasteiger partial charge in [0.2, 0.25) is 5.91 Å². The van der Waals surface area contributed by atoms with Crippen LogP contribution in [0, 0.1) is 0 Å². The molecule has 3 N–H and O–H groups in total. The zero-order chi connectivity index (χ0) is 40.0. The first kappa shape index (κ1) is 53.6. The highest BCUT2D eigenvalue weighted by Crippen LogP contribution is 2.16. The van der Waals surface area contributed by atoms with Crippen molar-refractivity contribution < 1.29 is 15.0 Å². The Morgan fingerprint density at radius 1 is 0.436 bits per heavy atom. The van der Waals surface area contributed by atoms with Crippen LogP contribution in [-0.2, 0) is 4.79 Å². The minimum atomic E-state index is -0.833. The third-order valence-electron chi connectivity index (χ3n) is 11.4. The second-order valence-electron chi connectivity index (χ2n) is 16.9. The summed E-state index contributed by atoms with van der Waals surface area (Å²) in [6.45, 7) is 4.27. The van der Waals surface area contributed by atoms with Crippen LogP contribution in [0.25, 0.3) is 0 Å². The van der Waals surface area contributed by atoms with Crippen molar-refractivity contribution in [2.75, 3.05) is 6.61 Å². The molecule has 0 aromatic rings. The van der Waals surface area contributed by atoms with Crippen molar-refractivity contribution in [1.29, 1.82) is 0 Å². The first-order valence-corrected chi connectivity index (χ1v) is 24.7. The van der Waals surface area contributed by atoms with Crippen molar-refractivity contribution in [3.63, 3.8) is 0 Å². The highest BCUT2D eigenvalue weighted by Gasteiger charge is 2.18. The molecule has 0 aliphatic heterocycles. The Labute approximate surface area is 344 Å². The Kier molecular flexibility index (Phi) is 45.8. The molecular weight excluding hydrogens is 675 g/mol. The molecule has 0 radical (unpaired) electrons. The van der Waals surface area contributed by atoms with Crippen LogP contribution in [0.1, 0.15) is 264 Å². The Morgan fingerprint density at radius 3 is 1.09 bits per heavy atom. The van der Waals surface area contributed by atoms with Gasteiger partial charge in [-0.05, 0) is 51.4 Å². The second kappa shape index (κ2) is 47.0. The summed E-state index contributed by atoms with van der Waals surface area (Å²) in [5.74, 6) is -0.0640. The lowest BCUT2D eigenvalue weighted by Gasteiger charge is -2.20. The molecule has 55 heavy (non-hydrogen) atoms. The van der Waals surface area contributed by atoms with E-state index in [0.29, 0.717) is 6.42 Å². The van der Waals surface area contributed by atoms with Crippen molar-refractivity contribution in [3.8, 4) is 0 Å². The van der Waals surface area contributed by atoms with Crippen molar-refractivity contribution in [2.24, 2.45) is 0 Å². The monoisotopic (exact) mass is 772 g/mol. The van der Waals surface area contributed by atoms with Gasteiger partial charge in [0.25, 0.3) is 0 Å². The highest BCUT2D eigenvalue weighted by atomic mass is 16.3. The van der Waals surface area contributed by atoms with Gasteiger partial charge in [0.05, 0.1) is 18.8 Å². The molecular formula is C51H97NO3. The molecule has 2 unspecified atom stereocenters. The van der Waals surface area contributed by atoms with E-state index in [1.165, 1.54) is 212 Å². The molecule has 0 saturated carbocycles. The summed E-state index contributed by atoms with van der Waals surface area (Å²) in [5, 5.41) is 22.8. The first-order chi connectivity index (χ1) is 27.2. The maximum Gasteiger partial charge on any atom is 0.220 e. The quantitative estimate of drug-likeness (QED) is 0.0426. The van der Waals surface area contributed by atoms with Crippen molar-refractivity contribution in [3.05, 3.63) is 36.5 Å². The van der Waals surface area contributed by atoms with E-state index in [0.717, 1.165) is 32.1 Å². The number of carbonyl (C=O) groups is 1. The van der Waals surface area contributed by atoms with Crippen LogP contribution < -0.4 is 5.32 Å². The normalized spacial score (nSPS) is 13.2. The third-order valence-corrected chi connectivity index (χ3v) is 11.4. The highest BCUT2D eigenvalue weighted by molar-refractivity contribution is 5.76. The van der Waals surface area contributed by atoms with Crippen molar-refractivity contribution in [1.82, 2.24) is 5.32 Å². The van der Waals surface area contributed by atoms with Gasteiger partial charge in [-0.2, -0.15) is 0 Å². The van der Waals surface area contributed by atoms with E-state index in [4.69, 9.17) is 0 Å². The lowest BCUT2D eigenvalue weighted by molar-refractivity contribution is -0.123. The Hall–Kier alpha value is -1.39. The minimum Gasteiger partial charge on any atom is -0.394 e. The average Bonchev–Trinajstić information content (AvgIpc) is 3.19. The van der Waals surface area contributed by atoms with Crippen LogP contribution >= 0.6 is 0 Å². The predicted octanol–water partition coefficient (Wildman–Crippen LogP) is 15.7. The number of aliphatic hydroxyl groups is 2. The number of nitrogens with one attached hydrogen (secondary N) is 1. The molecule has 0 saturated heterocycles. The van der Waals surface area contributed by atoms with Gasteiger partial charge in [0, 0.05) is 6.42 Å². The summed E-state index contributed by atoms with van der Waals surface area (Å²) >= 11 is 0. The van der Waals surface area contributed by atoms with Crippen molar-refractivity contribution in [2.45, 2.75) is 276 Å². The number of allylic oxidation sites excluding steroid dienone is 5. The molecule has 4 nitrogen and oxygen atoms in total. The molecule has 0 heterocycles. The van der Waals surface area contributed by atoms with E-state index in [-0.39, 0.29) is 12.5 Å². The van der Waals surface area contributed by atoms with E-state index in [1.54, 1.807) is 6.08 Å². The molecule has 0 aliphatic rings. The molecule has 0 aromatic carbocycles. The van der Waals surface area contributed by atoms with Crippen LogP contribution in [0.3, 0.4) is 0 Å². The zero-order valence-electron chi connectivity index (χ0n) is 37.2. The predicted molar refractivity (Wildman–Crippen MR) is 244 cm³/mol. The molecule has 0 fully saturated rings. The van der Waals surface area contributed by atoms with Gasteiger partial charge in [0.1, 0.15) is 0 Å². The zero-order valence-corrected chi connectivity index (χ0v) is 37.2. The molecule has 4 heteroatoms. The SMILES string of the molecule is CCCCCCC/C=C\C/C=C\CCCCCCCCCCCCCCCCCCCCCCCCCC(=O)NC(CO)C(O)/C=C/CCCCCCCC. The molecule has 0 bridgehead atoms. The Bertz CT molecular complexity index is 836. The number of amides is 1. The topological polar surface area (TPSA) is 69.6 Å². The molecule has 324 valence electrons. The molecule has 0 spiro atoms. The van der Waals surface area contributed by atoms with Crippen molar-refractivity contribution >= 4 is 5.91 Å². The molecule has 2 atom stereocenters. The number of hydrogen-bond acceptors (Lipinski definition) is 3. The van der Waals surface area contributed by atoms with E-state index >= 15 is 0 Å². The minimum absolute atomic E-state index is 0.0640. The van der Waals surface area contributed by atoms with E-state index < -0.39 is 12.1 Å². The van der Waals surface area contributed by atoms with E-state index in [2.05, 4.69) is 43.5 Å². The molecule has 0 rings (SSSR count). The Morgan fingerprint density at radius 2 is 0.745 bits per heavy atom. The van der Waals surface area contributed by atoms with Crippen LogP contribution in [-0.4, -0.2) is 34.9 Å². The first-order valence-electron chi connectivity index (χ1n) is 24.7. The summed E-state index contributed by atoms with van der Waals surface area (Å²) in [6, 6.07) is -0.617. The van der Waals surface area contributed by atoms with Gasteiger partial charge in [-0.25, -0.2) is 0 Å². The second-order valence-corrected chi connectivity index (χ2v) is 16.9.